The number of carboxylic acid groups (broad SMARTS) is 2. The molecule has 1 amide bonds. The van der Waals surface area contributed by atoms with E-state index in [4.69, 9.17) is 10.8 Å². The van der Waals surface area contributed by atoms with Crippen LogP contribution in [0.4, 0.5) is 23.1 Å². The number of aromatic amines is 1. The molecule has 13 nitrogen and oxygen atoms in total. The van der Waals surface area contributed by atoms with Gasteiger partial charge in [-0.15, -0.1) is 0 Å². The lowest BCUT2D eigenvalue weighted by atomic mass is 10.1. The number of hydrogen-bond donors (Lipinski definition) is 6. The second-order valence-corrected chi connectivity index (χ2v) is 8.02. The zero-order valence-electron chi connectivity index (χ0n) is 18.7. The number of hydrogen-bond acceptors (Lipinski definition) is 9. The van der Waals surface area contributed by atoms with E-state index in [2.05, 4.69) is 20.6 Å². The van der Waals surface area contributed by atoms with Crippen LogP contribution in [0.1, 0.15) is 23.2 Å². The molecule has 7 N–H and O–H groups in total. The Hall–Kier alpha value is -4.29. The summed E-state index contributed by atoms with van der Waals surface area (Å²) in [6.07, 6.45) is -0.584. The minimum atomic E-state index is -1.30. The SMILES string of the molecule is CN(CC1CNc2nc(N)[nH]c(=O)c2N1C)c1ccc(C(=O)N[C@@H](CCC(=O)O)C(=O)O)cc1. The molecule has 0 aliphatic carbocycles. The number of anilines is 4. The van der Waals surface area contributed by atoms with E-state index in [0.717, 1.165) is 5.69 Å². The lowest BCUT2D eigenvalue weighted by Crippen LogP contribution is -2.50. The third-order valence-corrected chi connectivity index (χ3v) is 5.62. The molecule has 182 valence electrons. The number of carbonyl (C=O) groups excluding carboxylic acids is 1. The molecule has 0 fully saturated rings. The maximum Gasteiger partial charge on any atom is 0.326 e. The van der Waals surface area contributed by atoms with Crippen LogP contribution in [0.3, 0.4) is 0 Å². The number of amides is 1. The van der Waals surface area contributed by atoms with Crippen LogP contribution in [0.2, 0.25) is 0 Å². The summed E-state index contributed by atoms with van der Waals surface area (Å²) in [4.78, 5) is 57.2. The Kier molecular flexibility index (Phi) is 7.24. The molecule has 1 aromatic heterocycles. The van der Waals surface area contributed by atoms with Gasteiger partial charge in [-0.2, -0.15) is 4.98 Å². The molecule has 0 bridgehead atoms. The van der Waals surface area contributed by atoms with Gasteiger partial charge in [0.2, 0.25) is 5.95 Å². The quantitative estimate of drug-likeness (QED) is 0.281. The van der Waals surface area contributed by atoms with E-state index < -0.39 is 23.9 Å². The monoisotopic (exact) mass is 473 g/mol. The number of carbonyl (C=O) groups is 3. The van der Waals surface area contributed by atoms with Crippen molar-refractivity contribution >= 4 is 41.0 Å². The summed E-state index contributed by atoms with van der Waals surface area (Å²) in [6.45, 7) is 1.09. The number of aromatic nitrogens is 2. The Morgan fingerprint density at radius 1 is 1.29 bits per heavy atom. The second kappa shape index (κ2) is 10.1. The number of H-pyrrole nitrogens is 1. The molecule has 13 heteroatoms. The van der Waals surface area contributed by atoms with Crippen molar-refractivity contribution in [1.29, 1.82) is 0 Å². The fourth-order valence-corrected chi connectivity index (χ4v) is 3.71. The zero-order valence-corrected chi connectivity index (χ0v) is 18.7. The molecule has 0 saturated heterocycles. The maximum absolute atomic E-state index is 12.4. The first kappa shape index (κ1) is 24.4. The molecule has 1 unspecified atom stereocenters. The molecule has 0 radical (unpaired) electrons. The molecule has 2 aromatic rings. The van der Waals surface area contributed by atoms with Crippen LogP contribution in [-0.2, 0) is 9.59 Å². The predicted molar refractivity (Wildman–Crippen MR) is 125 cm³/mol. The van der Waals surface area contributed by atoms with Gasteiger partial charge in [-0.3, -0.25) is 19.4 Å². The number of likely N-dealkylation sites (N-methyl/N-ethyl adjacent to an activating group) is 2. The summed E-state index contributed by atoms with van der Waals surface area (Å²) in [5.41, 5.74) is 6.74. The highest BCUT2D eigenvalue weighted by Gasteiger charge is 2.28. The Bertz CT molecular complexity index is 1130. The Morgan fingerprint density at radius 2 is 1.97 bits per heavy atom. The van der Waals surface area contributed by atoms with Gasteiger partial charge in [-0.25, -0.2) is 4.79 Å². The molecule has 2 atom stereocenters. The van der Waals surface area contributed by atoms with Crippen molar-refractivity contribution in [3.8, 4) is 0 Å². The average molecular weight is 473 g/mol. The summed E-state index contributed by atoms with van der Waals surface area (Å²) in [5.74, 6) is -2.57. The Balaban J connectivity index is 1.64. The van der Waals surface area contributed by atoms with Crippen LogP contribution in [0.15, 0.2) is 29.1 Å². The lowest BCUT2D eigenvalue weighted by Gasteiger charge is -2.37. The van der Waals surface area contributed by atoms with Gasteiger partial charge in [0.05, 0.1) is 6.04 Å². The number of nitrogen functional groups attached to an aromatic ring is 1. The highest BCUT2D eigenvalue weighted by Crippen LogP contribution is 2.26. The van der Waals surface area contributed by atoms with Gasteiger partial charge in [0, 0.05) is 44.9 Å². The molecule has 1 aromatic carbocycles. The average Bonchev–Trinajstić information content (AvgIpc) is 2.77. The minimum Gasteiger partial charge on any atom is -0.481 e. The van der Waals surface area contributed by atoms with E-state index in [-0.39, 0.29) is 36.0 Å². The first-order valence-corrected chi connectivity index (χ1v) is 10.5. The number of carboxylic acids is 2. The molecular weight excluding hydrogens is 446 g/mol. The number of fused-ring (bicyclic) bond motifs is 1. The van der Waals surface area contributed by atoms with Crippen molar-refractivity contribution in [3.05, 3.63) is 40.2 Å². The van der Waals surface area contributed by atoms with Crippen LogP contribution in [0.5, 0.6) is 0 Å². The number of aliphatic carboxylic acids is 2. The molecular formula is C21H27N7O6. The molecule has 2 heterocycles. The fourth-order valence-electron chi connectivity index (χ4n) is 3.71. The standard InChI is InChI=1S/C21H27N7O6/c1-27(10-13-9-23-17-16(28(13)2)19(32)26-21(22)25-17)12-5-3-11(4-6-12)18(31)24-14(20(33)34)7-8-15(29)30/h3-6,13-14H,7-10H2,1-2H3,(H,24,31)(H,29,30)(H,33,34)(H4,22,23,25,26,32)/t13?,14-/m0/s1. The molecule has 0 saturated carbocycles. The highest BCUT2D eigenvalue weighted by atomic mass is 16.4. The van der Waals surface area contributed by atoms with Crippen molar-refractivity contribution in [2.45, 2.75) is 24.9 Å². The third-order valence-electron chi connectivity index (χ3n) is 5.62. The largest absolute Gasteiger partial charge is 0.481 e. The van der Waals surface area contributed by atoms with Gasteiger partial charge >= 0.3 is 11.9 Å². The summed E-state index contributed by atoms with van der Waals surface area (Å²) in [7, 11) is 3.68. The van der Waals surface area contributed by atoms with Crippen LogP contribution in [0, 0.1) is 0 Å². The zero-order chi connectivity index (χ0) is 25.0. The Morgan fingerprint density at radius 3 is 2.59 bits per heavy atom. The molecule has 1 aliphatic rings. The van der Waals surface area contributed by atoms with E-state index in [0.29, 0.717) is 24.6 Å². The number of benzene rings is 1. The molecule has 34 heavy (non-hydrogen) atoms. The van der Waals surface area contributed by atoms with Gasteiger partial charge in [0.25, 0.3) is 11.5 Å². The van der Waals surface area contributed by atoms with Crippen LogP contribution in [-0.4, -0.2) is 77.3 Å². The number of nitrogens with zero attached hydrogens (tertiary/aromatic N) is 3. The summed E-state index contributed by atoms with van der Waals surface area (Å²) in [5, 5.41) is 23.4. The highest BCUT2D eigenvalue weighted by molar-refractivity contribution is 5.97. The summed E-state index contributed by atoms with van der Waals surface area (Å²) >= 11 is 0. The van der Waals surface area contributed by atoms with Crippen molar-refractivity contribution in [2.75, 3.05) is 48.0 Å². The van der Waals surface area contributed by atoms with E-state index in [1.807, 2.05) is 23.9 Å². The lowest BCUT2D eigenvalue weighted by molar-refractivity contribution is -0.140. The van der Waals surface area contributed by atoms with Crippen molar-refractivity contribution in [3.63, 3.8) is 0 Å². The smallest absolute Gasteiger partial charge is 0.326 e. The van der Waals surface area contributed by atoms with Gasteiger partial charge in [0.15, 0.2) is 5.82 Å². The van der Waals surface area contributed by atoms with Crippen molar-refractivity contribution in [1.82, 2.24) is 15.3 Å². The summed E-state index contributed by atoms with van der Waals surface area (Å²) < 4.78 is 0. The number of rotatable bonds is 9. The second-order valence-electron chi connectivity index (χ2n) is 8.02. The van der Waals surface area contributed by atoms with Gasteiger partial charge < -0.3 is 36.4 Å². The predicted octanol–water partition coefficient (Wildman–Crippen LogP) is -0.233. The van der Waals surface area contributed by atoms with E-state index >= 15 is 0 Å². The maximum atomic E-state index is 12.4. The van der Waals surface area contributed by atoms with Crippen LogP contribution in [0.25, 0.3) is 0 Å². The van der Waals surface area contributed by atoms with Gasteiger partial charge in [0.1, 0.15) is 11.7 Å². The van der Waals surface area contributed by atoms with Crippen molar-refractivity contribution in [2.24, 2.45) is 0 Å². The topological polar surface area (TPSA) is 194 Å². The van der Waals surface area contributed by atoms with Crippen molar-refractivity contribution < 1.29 is 24.6 Å². The third kappa shape index (κ3) is 5.54. The van der Waals surface area contributed by atoms with Gasteiger partial charge in [-0.05, 0) is 30.7 Å². The minimum absolute atomic E-state index is 0.0425. The van der Waals surface area contributed by atoms with Gasteiger partial charge in [-0.1, -0.05) is 0 Å². The van der Waals surface area contributed by atoms with Crippen LogP contribution >= 0.6 is 0 Å². The fraction of sp³-hybridized carbons (Fsp3) is 0.381. The first-order chi connectivity index (χ1) is 16.1. The molecule has 1 aliphatic heterocycles. The van der Waals surface area contributed by atoms with Crippen LogP contribution < -0.4 is 31.7 Å². The normalized spacial score (nSPS) is 15.6. The molecule has 0 spiro atoms. The first-order valence-electron chi connectivity index (χ1n) is 10.5. The molecule has 3 rings (SSSR count). The number of nitrogens with one attached hydrogen (secondary N) is 3. The van der Waals surface area contributed by atoms with E-state index in [1.54, 1.807) is 24.3 Å². The number of nitrogens with two attached hydrogens (primary N) is 1. The Labute approximate surface area is 194 Å². The van der Waals surface area contributed by atoms with E-state index in [9.17, 15) is 24.3 Å². The summed E-state index contributed by atoms with van der Waals surface area (Å²) in [6, 6.07) is 5.22. The van der Waals surface area contributed by atoms with E-state index in [1.165, 1.54) is 0 Å².